The van der Waals surface area contributed by atoms with Crippen LogP contribution in [0.4, 0.5) is 0 Å². The molecule has 4 aliphatic heterocycles. The van der Waals surface area contributed by atoms with Crippen molar-refractivity contribution < 1.29 is 114 Å². The Morgan fingerprint density at radius 2 is 1.31 bits per heavy atom. The second-order valence-electron chi connectivity index (χ2n) is 15.7. The van der Waals surface area contributed by atoms with E-state index in [0.29, 0.717) is 25.8 Å². The number of carbonyl (C=O) groups excluding carboxylic acids is 2. The van der Waals surface area contributed by atoms with Gasteiger partial charge >= 0.3 is 5.97 Å². The molecule has 62 heavy (non-hydrogen) atoms. The van der Waals surface area contributed by atoms with Gasteiger partial charge in [-0.1, -0.05) is 0 Å². The Morgan fingerprint density at radius 1 is 0.742 bits per heavy atom. The highest BCUT2D eigenvalue weighted by Gasteiger charge is 2.60. The predicted octanol–water partition coefficient (Wildman–Crippen LogP) is -8.07. The Bertz CT molecular complexity index is 1440. The number of amides is 2. The van der Waals surface area contributed by atoms with E-state index in [1.807, 2.05) is 0 Å². The lowest BCUT2D eigenvalue weighted by Crippen LogP contribution is -2.71. The number of rotatable bonds is 20. The maximum atomic E-state index is 12.9. The number of carbonyl (C=O) groups is 3. The van der Waals surface area contributed by atoms with E-state index < -0.39 is 172 Å². The minimum absolute atomic E-state index is 0.0616. The second kappa shape index (κ2) is 23.2. The molecular weight excluding hydrogens is 842 g/mol. The van der Waals surface area contributed by atoms with Gasteiger partial charge in [0.2, 0.25) is 11.8 Å². The van der Waals surface area contributed by atoms with Crippen LogP contribution in [0.3, 0.4) is 0 Å². The Balaban J connectivity index is 1.67. The van der Waals surface area contributed by atoms with E-state index in [4.69, 9.17) is 43.6 Å². The molecular formula is C36H63N3O23. The van der Waals surface area contributed by atoms with Crippen LogP contribution in [-0.2, 0) is 52.3 Å². The van der Waals surface area contributed by atoms with Gasteiger partial charge in [0, 0.05) is 26.9 Å². The highest BCUT2D eigenvalue weighted by atomic mass is 16.8. The number of ether oxygens (including phenoxy) is 8. The number of unbranched alkanes of at least 4 members (excludes halogenated alkanes) is 2. The van der Waals surface area contributed by atoms with E-state index in [-0.39, 0.29) is 6.61 Å². The van der Waals surface area contributed by atoms with E-state index in [9.17, 15) is 75.7 Å². The van der Waals surface area contributed by atoms with Crippen molar-refractivity contribution in [1.29, 1.82) is 0 Å². The zero-order chi connectivity index (χ0) is 46.2. The lowest BCUT2D eigenvalue weighted by atomic mass is 9.88. The van der Waals surface area contributed by atoms with Crippen LogP contribution in [0.5, 0.6) is 0 Å². The summed E-state index contributed by atoms with van der Waals surface area (Å²) in [6.45, 7) is 1.02. The van der Waals surface area contributed by atoms with Gasteiger partial charge in [-0.2, -0.15) is 0 Å². The third kappa shape index (κ3) is 12.1. The average Bonchev–Trinajstić information content (AvgIpc) is 3.22. The fourth-order valence-corrected chi connectivity index (χ4v) is 7.74. The Kier molecular flexibility index (Phi) is 19.5. The smallest absolute Gasteiger partial charge is 0.364 e. The Labute approximate surface area is 355 Å². The van der Waals surface area contributed by atoms with E-state index in [0.717, 1.165) is 13.8 Å². The summed E-state index contributed by atoms with van der Waals surface area (Å²) in [4.78, 5) is 37.4. The normalized spacial score (nSPS) is 42.4. The molecule has 0 radical (unpaired) electrons. The summed E-state index contributed by atoms with van der Waals surface area (Å²) in [6.07, 6.45) is -31.8. The minimum atomic E-state index is -3.05. The van der Waals surface area contributed by atoms with Gasteiger partial charge in [-0.15, -0.1) is 0 Å². The zero-order valence-corrected chi connectivity index (χ0v) is 34.3. The lowest BCUT2D eigenvalue weighted by molar-refractivity contribution is -0.390. The molecule has 0 spiro atoms. The molecule has 26 heteroatoms. The van der Waals surface area contributed by atoms with Crippen molar-refractivity contribution in [3.05, 3.63) is 0 Å². The van der Waals surface area contributed by atoms with Crippen LogP contribution in [0.25, 0.3) is 0 Å². The van der Waals surface area contributed by atoms with Crippen LogP contribution in [0, 0.1) is 0 Å². The molecule has 0 unspecified atom stereocenters. The molecule has 21 atom stereocenters. The van der Waals surface area contributed by atoms with Gasteiger partial charge < -0.3 is 116 Å². The summed E-state index contributed by atoms with van der Waals surface area (Å²) in [6, 6.07) is -2.95. The molecule has 2 amide bonds. The fraction of sp³-hybridized carbons (Fsp3) is 0.917. The van der Waals surface area contributed by atoms with Crippen LogP contribution in [0.1, 0.15) is 46.5 Å². The van der Waals surface area contributed by atoms with Gasteiger partial charge in [0.25, 0.3) is 5.79 Å². The van der Waals surface area contributed by atoms with Crippen molar-refractivity contribution in [1.82, 2.24) is 10.6 Å². The van der Waals surface area contributed by atoms with Crippen LogP contribution >= 0.6 is 0 Å². The Hall–Kier alpha value is -2.39. The quantitative estimate of drug-likeness (QED) is 0.0505. The van der Waals surface area contributed by atoms with Crippen molar-refractivity contribution >= 4 is 17.8 Å². The van der Waals surface area contributed by atoms with Crippen molar-refractivity contribution in [2.24, 2.45) is 5.73 Å². The molecule has 0 aliphatic carbocycles. The molecule has 0 aromatic heterocycles. The summed E-state index contributed by atoms with van der Waals surface area (Å²) < 4.78 is 47.0. The number of carboxylic acids is 1. The number of aliphatic hydroxyl groups is 11. The number of nitrogens with one attached hydrogen (secondary N) is 2. The zero-order valence-electron chi connectivity index (χ0n) is 34.3. The van der Waals surface area contributed by atoms with E-state index >= 15 is 0 Å². The predicted molar refractivity (Wildman–Crippen MR) is 200 cm³/mol. The summed E-state index contributed by atoms with van der Waals surface area (Å²) >= 11 is 0. The molecule has 4 aliphatic rings. The van der Waals surface area contributed by atoms with Crippen molar-refractivity contribution in [3.63, 3.8) is 0 Å². The first-order chi connectivity index (χ1) is 29.2. The van der Waals surface area contributed by atoms with Crippen molar-refractivity contribution in [2.75, 3.05) is 33.0 Å². The lowest BCUT2D eigenvalue weighted by Gasteiger charge is -2.51. The first-order valence-corrected chi connectivity index (χ1v) is 20.2. The van der Waals surface area contributed by atoms with Gasteiger partial charge in [-0.05, 0) is 32.7 Å². The van der Waals surface area contributed by atoms with Gasteiger partial charge in [0.15, 0.2) is 18.9 Å². The van der Waals surface area contributed by atoms with Gasteiger partial charge in [-0.3, -0.25) is 9.59 Å². The largest absolute Gasteiger partial charge is 0.477 e. The highest BCUT2D eigenvalue weighted by Crippen LogP contribution is 2.39. The SMILES string of the molecule is CC(=O)N[C@H]1[C@H](OCCCCCN)O[C@@H](CO)[C@H](O[C@@H]2O[C@H](CO)[C@@H](O[C@@]3(C(=O)O)C[C@H](O)[C@@H](NC(C)=O)[C@H]([C@H](O)[C@H](O)CO)O3)[C@H](O)[C@H]2O)[C@@H]1O[C@@H]1O[C@@H](C)[C@@H](O)[C@@H](O)[C@@H]1O. The number of aliphatic carboxylic acids is 1. The third-order valence-electron chi connectivity index (χ3n) is 11.1. The Morgan fingerprint density at radius 3 is 1.89 bits per heavy atom. The van der Waals surface area contributed by atoms with E-state index in [1.165, 1.54) is 6.92 Å². The molecule has 0 aromatic rings. The van der Waals surface area contributed by atoms with Crippen LogP contribution < -0.4 is 16.4 Å². The monoisotopic (exact) mass is 905 g/mol. The van der Waals surface area contributed by atoms with Crippen LogP contribution in [0.2, 0.25) is 0 Å². The van der Waals surface area contributed by atoms with Crippen LogP contribution in [-0.4, -0.2) is 240 Å². The molecule has 0 aromatic carbocycles. The molecule has 0 saturated carbocycles. The molecule has 16 N–H and O–H groups in total. The molecule has 4 rings (SSSR count). The van der Waals surface area contributed by atoms with Crippen molar-refractivity contribution in [3.8, 4) is 0 Å². The topological polar surface area (TPSA) is 418 Å². The molecule has 0 bridgehead atoms. The van der Waals surface area contributed by atoms with Gasteiger partial charge in [0.1, 0.15) is 85.4 Å². The molecule has 4 fully saturated rings. The second-order valence-corrected chi connectivity index (χ2v) is 15.7. The summed E-state index contributed by atoms with van der Waals surface area (Å²) in [5.74, 6) is -6.45. The number of hydrogen-bond donors (Lipinski definition) is 15. The summed E-state index contributed by atoms with van der Waals surface area (Å²) in [7, 11) is 0. The summed E-state index contributed by atoms with van der Waals surface area (Å²) in [5.41, 5.74) is 5.59. The number of hydrogen-bond acceptors (Lipinski definition) is 23. The first kappa shape index (κ1) is 52.2. The third-order valence-corrected chi connectivity index (χ3v) is 11.1. The molecule has 4 saturated heterocycles. The highest BCUT2D eigenvalue weighted by molar-refractivity contribution is 5.76. The maximum Gasteiger partial charge on any atom is 0.364 e. The minimum Gasteiger partial charge on any atom is -0.477 e. The van der Waals surface area contributed by atoms with Crippen LogP contribution in [0.15, 0.2) is 0 Å². The van der Waals surface area contributed by atoms with Gasteiger partial charge in [0.05, 0.1) is 38.1 Å². The molecule has 360 valence electrons. The van der Waals surface area contributed by atoms with Gasteiger partial charge in [-0.25, -0.2) is 4.79 Å². The van der Waals surface area contributed by atoms with E-state index in [2.05, 4.69) is 10.6 Å². The molecule has 4 heterocycles. The average molecular weight is 906 g/mol. The standard InChI is InChI=1S/C36H63N3O23/c1-13-22(47)24(49)26(51)33(56-13)60-31-21(39-15(3)44)32(55-8-6-4-5-7-37)57-19(12-42)29(31)59-34-27(52)25(50)28(18(11-41)58-34)61-36(35(53)54)9-16(45)20(38-14(2)43)30(62-36)23(48)17(46)10-40/h13,16-34,40-42,45-52H,4-12,37H2,1-3H3,(H,38,43)(H,39,44)(H,53,54)/t13-,16-,17+,18+,19-,20+,21+,22+,23+,24+,25+,26-,27+,28+,29-,30+,31+,32+,33-,34-,36-/m0/s1. The van der Waals surface area contributed by atoms with E-state index in [1.54, 1.807) is 0 Å². The number of aliphatic hydroxyl groups excluding tert-OH is 11. The first-order valence-electron chi connectivity index (χ1n) is 20.2. The maximum absolute atomic E-state index is 12.9. The summed E-state index contributed by atoms with van der Waals surface area (Å²) in [5, 5.41) is 133. The number of nitrogens with two attached hydrogens (primary N) is 1. The fourth-order valence-electron chi connectivity index (χ4n) is 7.74. The molecule has 26 nitrogen and oxygen atoms in total. The number of carboxylic acid groups (broad SMARTS) is 1. The van der Waals surface area contributed by atoms with Crippen molar-refractivity contribution in [2.45, 2.75) is 175 Å².